The van der Waals surface area contributed by atoms with E-state index in [0.717, 1.165) is 63.1 Å². The van der Waals surface area contributed by atoms with E-state index in [4.69, 9.17) is 4.74 Å². The molecule has 2 N–H and O–H groups in total. The van der Waals surface area contributed by atoms with E-state index >= 15 is 4.39 Å². The minimum absolute atomic E-state index is 0.0391. The summed E-state index contributed by atoms with van der Waals surface area (Å²) >= 11 is 0. The second-order valence-corrected chi connectivity index (χ2v) is 9.44. The number of nitrogens with one attached hydrogen (secondary N) is 1. The fourth-order valence-corrected chi connectivity index (χ4v) is 5.05. The summed E-state index contributed by atoms with van der Waals surface area (Å²) in [5, 5.41) is 14.9. The average molecular weight is 481 g/mol. The number of aliphatic hydroxyl groups is 1. The Morgan fingerprint density at radius 2 is 1.68 bits per heavy atom. The molecule has 1 saturated carbocycles. The topological polar surface area (TPSA) is 44.7 Å². The van der Waals surface area contributed by atoms with Gasteiger partial charge >= 0.3 is 6.18 Å². The Balaban J connectivity index is 1.48. The number of benzene rings is 2. The third-order valence-corrected chi connectivity index (χ3v) is 7.05. The number of nitrogens with zero attached hydrogens (tertiary/aromatic N) is 1. The highest BCUT2D eigenvalue weighted by molar-refractivity contribution is 5.34. The number of rotatable bonds is 7. The van der Waals surface area contributed by atoms with Crippen LogP contribution in [0.25, 0.3) is 0 Å². The number of alkyl halides is 3. The van der Waals surface area contributed by atoms with Gasteiger partial charge in [-0.05, 0) is 48.2 Å². The molecule has 1 unspecified atom stereocenters. The first-order valence-electron chi connectivity index (χ1n) is 12.0. The summed E-state index contributed by atoms with van der Waals surface area (Å²) in [4.78, 5) is 2.32. The number of ether oxygens (including phenoxy) is 1. The van der Waals surface area contributed by atoms with Gasteiger partial charge in [0.2, 0.25) is 0 Å². The Morgan fingerprint density at radius 3 is 2.29 bits per heavy atom. The lowest BCUT2D eigenvalue weighted by Crippen LogP contribution is -2.49. The van der Waals surface area contributed by atoms with Crippen LogP contribution in [0.5, 0.6) is 5.75 Å². The van der Waals surface area contributed by atoms with E-state index in [9.17, 15) is 18.3 Å². The summed E-state index contributed by atoms with van der Waals surface area (Å²) in [5.74, 6) is -0.696. The van der Waals surface area contributed by atoms with Crippen molar-refractivity contribution < 1.29 is 27.4 Å². The highest BCUT2D eigenvalue weighted by Gasteiger charge is 2.40. The number of piperazine rings is 1. The molecule has 8 heteroatoms. The molecule has 1 saturated heterocycles. The van der Waals surface area contributed by atoms with Crippen LogP contribution < -0.4 is 10.1 Å². The van der Waals surface area contributed by atoms with Gasteiger partial charge in [0.25, 0.3) is 0 Å². The third kappa shape index (κ3) is 6.09. The van der Waals surface area contributed by atoms with Gasteiger partial charge in [-0.3, -0.25) is 0 Å². The van der Waals surface area contributed by atoms with Crippen LogP contribution in [0.1, 0.15) is 54.7 Å². The molecule has 2 aromatic rings. The molecule has 4 nitrogen and oxygen atoms in total. The monoisotopic (exact) mass is 480 g/mol. The van der Waals surface area contributed by atoms with Crippen LogP contribution in [0.15, 0.2) is 42.5 Å². The highest BCUT2D eigenvalue weighted by Crippen LogP contribution is 2.41. The molecule has 0 bridgehead atoms. The lowest BCUT2D eigenvalue weighted by atomic mass is 9.72. The zero-order valence-electron chi connectivity index (χ0n) is 19.2. The lowest BCUT2D eigenvalue weighted by molar-refractivity contribution is -0.137. The van der Waals surface area contributed by atoms with Crippen molar-refractivity contribution in [1.29, 1.82) is 0 Å². The summed E-state index contributed by atoms with van der Waals surface area (Å²) in [6.45, 7) is 4.21. The van der Waals surface area contributed by atoms with E-state index in [1.807, 2.05) is 6.07 Å². The van der Waals surface area contributed by atoms with E-state index in [-0.39, 0.29) is 18.3 Å². The van der Waals surface area contributed by atoms with Crippen LogP contribution in [0.4, 0.5) is 17.6 Å². The first kappa shape index (κ1) is 24.9. The maximum atomic E-state index is 15.0. The molecular formula is C26H32F4N2O2. The van der Waals surface area contributed by atoms with Gasteiger partial charge in [-0.25, -0.2) is 4.39 Å². The van der Waals surface area contributed by atoms with Crippen LogP contribution in [0.3, 0.4) is 0 Å². The Bertz CT molecular complexity index is 937. The van der Waals surface area contributed by atoms with Crippen LogP contribution in [0.2, 0.25) is 0 Å². The molecule has 0 amide bonds. The maximum absolute atomic E-state index is 15.0. The zero-order chi connectivity index (χ0) is 24.2. The largest absolute Gasteiger partial charge is 0.486 e. The van der Waals surface area contributed by atoms with Crippen LogP contribution in [-0.4, -0.2) is 48.3 Å². The number of halogens is 4. The highest BCUT2D eigenvalue weighted by atomic mass is 19.4. The predicted octanol–water partition coefficient (Wildman–Crippen LogP) is 5.11. The fourth-order valence-electron chi connectivity index (χ4n) is 5.05. The molecule has 2 fully saturated rings. The van der Waals surface area contributed by atoms with Crippen molar-refractivity contribution in [1.82, 2.24) is 10.2 Å². The number of hydrogen-bond acceptors (Lipinski definition) is 4. The summed E-state index contributed by atoms with van der Waals surface area (Å²) in [6.07, 6.45) is 0.0462. The van der Waals surface area contributed by atoms with Crippen molar-refractivity contribution in [2.45, 2.75) is 56.4 Å². The molecule has 0 aromatic heterocycles. The molecule has 1 atom stereocenters. The van der Waals surface area contributed by atoms with E-state index in [1.54, 1.807) is 6.07 Å². The molecule has 0 radical (unpaired) electrons. The molecule has 0 spiro atoms. The van der Waals surface area contributed by atoms with E-state index in [0.29, 0.717) is 24.9 Å². The SMILES string of the molecule is OC1(C(CN2CCNCC2)c2ccc(OCc3ccc(C(F)(F)F)cc3)c(F)c2)CCCCC1. The molecular weight excluding hydrogens is 448 g/mol. The van der Waals surface area contributed by atoms with Gasteiger partial charge in [-0.15, -0.1) is 0 Å². The number of hydrogen-bond donors (Lipinski definition) is 2. The molecule has 34 heavy (non-hydrogen) atoms. The van der Waals surface area contributed by atoms with Crippen LogP contribution in [-0.2, 0) is 12.8 Å². The van der Waals surface area contributed by atoms with Gasteiger partial charge in [0, 0.05) is 38.6 Å². The quantitative estimate of drug-likeness (QED) is 0.541. The molecule has 1 aliphatic carbocycles. The summed E-state index contributed by atoms with van der Waals surface area (Å²) in [7, 11) is 0. The van der Waals surface area contributed by atoms with Crippen molar-refractivity contribution in [3.8, 4) is 5.75 Å². The van der Waals surface area contributed by atoms with Crippen molar-refractivity contribution >= 4 is 0 Å². The Morgan fingerprint density at radius 1 is 1.00 bits per heavy atom. The van der Waals surface area contributed by atoms with E-state index in [2.05, 4.69) is 10.2 Å². The first-order chi connectivity index (χ1) is 16.2. The minimum atomic E-state index is -4.40. The normalized spacial score (nSPS) is 20.1. The van der Waals surface area contributed by atoms with Gasteiger partial charge in [-0.2, -0.15) is 13.2 Å². The lowest BCUT2D eigenvalue weighted by Gasteiger charge is -2.42. The zero-order valence-corrected chi connectivity index (χ0v) is 19.2. The first-order valence-corrected chi connectivity index (χ1v) is 12.0. The molecule has 2 aliphatic rings. The van der Waals surface area contributed by atoms with E-state index < -0.39 is 23.2 Å². The second-order valence-electron chi connectivity index (χ2n) is 9.44. The van der Waals surface area contributed by atoms with Gasteiger partial charge < -0.3 is 20.1 Å². The maximum Gasteiger partial charge on any atom is 0.416 e. The third-order valence-electron chi connectivity index (χ3n) is 7.05. The second kappa shape index (κ2) is 10.6. The van der Waals surface area contributed by atoms with Crippen LogP contribution >= 0.6 is 0 Å². The van der Waals surface area contributed by atoms with Crippen LogP contribution in [0, 0.1) is 5.82 Å². The molecule has 4 rings (SSSR count). The van der Waals surface area contributed by atoms with Gasteiger partial charge in [0.1, 0.15) is 6.61 Å². The molecule has 186 valence electrons. The fraction of sp³-hybridized carbons (Fsp3) is 0.538. The molecule has 1 heterocycles. The van der Waals surface area contributed by atoms with Gasteiger partial charge in [0.15, 0.2) is 11.6 Å². The average Bonchev–Trinajstić information content (AvgIpc) is 2.82. The van der Waals surface area contributed by atoms with Gasteiger partial charge in [-0.1, -0.05) is 37.5 Å². The Hall–Kier alpha value is -2.16. The standard InChI is InChI=1S/C26H32F4N2O2/c27-23-16-20(6-9-24(23)34-18-19-4-7-21(8-5-19)26(28,29)30)22(17-32-14-12-31-13-15-32)25(33)10-2-1-3-11-25/h4-9,16,22,31,33H,1-3,10-15,17-18H2. The smallest absolute Gasteiger partial charge is 0.416 e. The molecule has 1 aliphatic heterocycles. The Kier molecular flexibility index (Phi) is 7.80. The van der Waals surface area contributed by atoms with Gasteiger partial charge in [0.05, 0.1) is 11.2 Å². The summed E-state index contributed by atoms with van der Waals surface area (Å²) in [5.41, 5.74) is -0.326. The Labute approximate surface area is 197 Å². The van der Waals surface area contributed by atoms with Crippen molar-refractivity contribution in [2.24, 2.45) is 0 Å². The van der Waals surface area contributed by atoms with Crippen molar-refractivity contribution in [2.75, 3.05) is 32.7 Å². The predicted molar refractivity (Wildman–Crippen MR) is 122 cm³/mol. The minimum Gasteiger partial charge on any atom is -0.486 e. The van der Waals surface area contributed by atoms with Crippen molar-refractivity contribution in [3.05, 3.63) is 65.0 Å². The summed E-state index contributed by atoms with van der Waals surface area (Å²) < 4.78 is 58.8. The molecule has 2 aromatic carbocycles. The van der Waals surface area contributed by atoms with Crippen molar-refractivity contribution in [3.63, 3.8) is 0 Å². The van der Waals surface area contributed by atoms with E-state index in [1.165, 1.54) is 18.2 Å². The summed E-state index contributed by atoms with van der Waals surface area (Å²) in [6, 6.07) is 9.46.